The van der Waals surface area contributed by atoms with Crippen molar-refractivity contribution in [3.8, 4) is 0 Å². The molecule has 1 aliphatic carbocycles. The van der Waals surface area contributed by atoms with Crippen molar-refractivity contribution in [2.75, 3.05) is 11.5 Å². The van der Waals surface area contributed by atoms with Gasteiger partial charge in [-0.25, -0.2) is 8.42 Å². The average Bonchev–Trinajstić information content (AvgIpc) is 2.51. The van der Waals surface area contributed by atoms with E-state index in [2.05, 4.69) is 13.8 Å². The Morgan fingerprint density at radius 2 is 1.95 bits per heavy atom. The monoisotopic (exact) mass is 290 g/mol. The molecule has 114 valence electrons. The zero-order valence-corrected chi connectivity index (χ0v) is 13.5. The lowest BCUT2D eigenvalue weighted by atomic mass is 9.86. The van der Waals surface area contributed by atoms with E-state index in [1.54, 1.807) is 6.92 Å². The Morgan fingerprint density at radius 1 is 1.26 bits per heavy atom. The van der Waals surface area contributed by atoms with Crippen LogP contribution >= 0.6 is 0 Å². The Balaban J connectivity index is 2.44. The topological polar surface area (TPSA) is 54.4 Å². The molecule has 0 amide bonds. The summed E-state index contributed by atoms with van der Waals surface area (Å²) < 4.78 is 22.9. The van der Waals surface area contributed by atoms with E-state index in [0.29, 0.717) is 24.7 Å². The molecule has 1 rings (SSSR count). The van der Waals surface area contributed by atoms with Gasteiger partial charge in [0.2, 0.25) is 0 Å². The lowest BCUT2D eigenvalue weighted by Gasteiger charge is -2.27. The molecule has 1 aliphatic rings. The van der Waals surface area contributed by atoms with Gasteiger partial charge < -0.3 is 5.11 Å². The van der Waals surface area contributed by atoms with Crippen molar-refractivity contribution in [2.45, 2.75) is 71.3 Å². The van der Waals surface area contributed by atoms with Gasteiger partial charge >= 0.3 is 0 Å². The molecular weight excluding hydrogens is 260 g/mol. The van der Waals surface area contributed by atoms with Crippen LogP contribution in [-0.4, -0.2) is 30.6 Å². The Hall–Kier alpha value is -0.0900. The molecule has 1 saturated carbocycles. The molecule has 0 radical (unpaired) electrons. The minimum absolute atomic E-state index is 0.209. The molecule has 0 spiro atoms. The van der Waals surface area contributed by atoms with Crippen LogP contribution in [0, 0.1) is 11.8 Å². The van der Waals surface area contributed by atoms with Gasteiger partial charge in [0, 0.05) is 5.75 Å². The first kappa shape index (κ1) is 17.0. The van der Waals surface area contributed by atoms with Crippen LogP contribution in [0.1, 0.15) is 65.7 Å². The van der Waals surface area contributed by atoms with Crippen molar-refractivity contribution in [3.63, 3.8) is 0 Å². The van der Waals surface area contributed by atoms with E-state index in [-0.39, 0.29) is 11.5 Å². The first-order valence-corrected chi connectivity index (χ1v) is 9.53. The predicted molar refractivity (Wildman–Crippen MR) is 79.9 cm³/mol. The average molecular weight is 290 g/mol. The maximum absolute atomic E-state index is 11.5. The van der Waals surface area contributed by atoms with E-state index in [1.165, 1.54) is 6.42 Å². The summed E-state index contributed by atoms with van der Waals surface area (Å²) in [5.41, 5.74) is -0.618. The van der Waals surface area contributed by atoms with Gasteiger partial charge in [-0.15, -0.1) is 0 Å². The Labute approximate surface area is 118 Å². The molecule has 1 N–H and O–H groups in total. The highest BCUT2D eigenvalue weighted by Gasteiger charge is 2.31. The number of rotatable bonds is 6. The van der Waals surface area contributed by atoms with Crippen molar-refractivity contribution in [1.82, 2.24) is 0 Å². The fourth-order valence-corrected chi connectivity index (χ4v) is 3.97. The van der Waals surface area contributed by atoms with Gasteiger partial charge in [-0.05, 0) is 43.9 Å². The van der Waals surface area contributed by atoms with Crippen molar-refractivity contribution in [1.29, 1.82) is 0 Å². The minimum atomic E-state index is -2.89. The minimum Gasteiger partial charge on any atom is -0.390 e. The van der Waals surface area contributed by atoms with Gasteiger partial charge in [0.05, 0.1) is 11.4 Å². The quantitative estimate of drug-likeness (QED) is 0.764. The number of hydrogen-bond donors (Lipinski definition) is 1. The van der Waals surface area contributed by atoms with E-state index < -0.39 is 15.4 Å². The molecule has 3 nitrogen and oxygen atoms in total. The lowest BCUT2D eigenvalue weighted by Crippen LogP contribution is -2.28. The molecule has 0 aromatic carbocycles. The van der Waals surface area contributed by atoms with Crippen LogP contribution in [0.3, 0.4) is 0 Å². The van der Waals surface area contributed by atoms with Crippen LogP contribution < -0.4 is 0 Å². The molecule has 1 fully saturated rings. The van der Waals surface area contributed by atoms with E-state index in [9.17, 15) is 13.5 Å². The molecule has 0 saturated heterocycles. The van der Waals surface area contributed by atoms with E-state index in [0.717, 1.165) is 25.7 Å². The second kappa shape index (κ2) is 7.07. The summed E-state index contributed by atoms with van der Waals surface area (Å²) in [6.07, 6.45) is 6.25. The summed E-state index contributed by atoms with van der Waals surface area (Å²) in [7, 11) is -2.89. The molecule has 19 heavy (non-hydrogen) atoms. The number of sulfone groups is 1. The summed E-state index contributed by atoms with van der Waals surface area (Å²) in [6.45, 7) is 6.19. The van der Waals surface area contributed by atoms with Crippen LogP contribution in [0.15, 0.2) is 0 Å². The highest BCUT2D eigenvalue weighted by Crippen LogP contribution is 2.36. The maximum Gasteiger partial charge on any atom is 0.150 e. The summed E-state index contributed by atoms with van der Waals surface area (Å²) in [5, 5.41) is 10.6. The molecule has 2 unspecified atom stereocenters. The second-order valence-corrected chi connectivity index (χ2v) is 8.97. The van der Waals surface area contributed by atoms with E-state index in [4.69, 9.17) is 0 Å². The van der Waals surface area contributed by atoms with Crippen LogP contribution in [-0.2, 0) is 9.84 Å². The molecule has 4 heteroatoms. The third-order valence-electron chi connectivity index (χ3n) is 4.68. The summed E-state index contributed by atoms with van der Waals surface area (Å²) in [4.78, 5) is 0. The van der Waals surface area contributed by atoms with Crippen LogP contribution in [0.25, 0.3) is 0 Å². The highest BCUT2D eigenvalue weighted by atomic mass is 32.2. The Morgan fingerprint density at radius 3 is 2.53 bits per heavy atom. The van der Waals surface area contributed by atoms with Gasteiger partial charge in [-0.2, -0.15) is 0 Å². The van der Waals surface area contributed by atoms with Crippen molar-refractivity contribution >= 4 is 9.84 Å². The van der Waals surface area contributed by atoms with Gasteiger partial charge in [-0.3, -0.25) is 0 Å². The maximum atomic E-state index is 11.5. The Kier molecular flexibility index (Phi) is 6.31. The largest absolute Gasteiger partial charge is 0.390 e. The van der Waals surface area contributed by atoms with Gasteiger partial charge in [0.15, 0.2) is 0 Å². The fraction of sp³-hybridized carbons (Fsp3) is 1.00. The van der Waals surface area contributed by atoms with Crippen molar-refractivity contribution in [2.24, 2.45) is 11.8 Å². The molecule has 0 aromatic heterocycles. The molecule has 0 aromatic rings. The summed E-state index contributed by atoms with van der Waals surface area (Å²) >= 11 is 0. The first-order chi connectivity index (χ1) is 8.78. The zero-order chi connectivity index (χ0) is 14.5. The van der Waals surface area contributed by atoms with Crippen LogP contribution in [0.4, 0.5) is 0 Å². The predicted octanol–water partition coefficient (Wildman–Crippen LogP) is 3.17. The van der Waals surface area contributed by atoms with Crippen LogP contribution in [0.5, 0.6) is 0 Å². The van der Waals surface area contributed by atoms with Gasteiger partial charge in [0.1, 0.15) is 9.84 Å². The van der Waals surface area contributed by atoms with Gasteiger partial charge in [-0.1, -0.05) is 33.6 Å². The van der Waals surface area contributed by atoms with Crippen molar-refractivity contribution in [3.05, 3.63) is 0 Å². The second-order valence-electron chi connectivity index (χ2n) is 6.50. The molecule has 0 bridgehead atoms. The standard InChI is InChI=1S/C15H30O3S/c1-4-19(17,18)12-6-10-15(16)9-5-7-14(8-11-15)13(2)3/h13-14,16H,4-12H2,1-3H3. The highest BCUT2D eigenvalue weighted by molar-refractivity contribution is 7.91. The SMILES string of the molecule is CCS(=O)(=O)CCCC1(O)CCCC(C(C)C)CC1. The zero-order valence-electron chi connectivity index (χ0n) is 12.7. The first-order valence-electron chi connectivity index (χ1n) is 7.71. The number of hydrogen-bond acceptors (Lipinski definition) is 3. The van der Waals surface area contributed by atoms with Gasteiger partial charge in [0.25, 0.3) is 0 Å². The normalized spacial score (nSPS) is 29.4. The third-order valence-corrected chi connectivity index (χ3v) is 6.47. The fourth-order valence-electron chi connectivity index (χ4n) is 3.10. The lowest BCUT2D eigenvalue weighted by molar-refractivity contribution is 0.0145. The number of aliphatic hydroxyl groups is 1. The third kappa shape index (κ3) is 5.82. The van der Waals surface area contributed by atoms with Crippen molar-refractivity contribution < 1.29 is 13.5 Å². The summed E-state index contributed by atoms with van der Waals surface area (Å²) in [6, 6.07) is 0. The van der Waals surface area contributed by atoms with E-state index >= 15 is 0 Å². The molecule has 2 atom stereocenters. The summed E-state index contributed by atoms with van der Waals surface area (Å²) in [5.74, 6) is 1.83. The Bertz CT molecular complexity index is 362. The van der Waals surface area contributed by atoms with Crippen LogP contribution in [0.2, 0.25) is 0 Å². The molecule has 0 aliphatic heterocycles. The molecule has 0 heterocycles. The smallest absolute Gasteiger partial charge is 0.150 e. The van der Waals surface area contributed by atoms with E-state index in [1.807, 2.05) is 0 Å². The molecular formula is C15H30O3S.